The molecule has 0 radical (unpaired) electrons. The molecule has 2 nitrogen and oxygen atoms in total. The maximum Gasteiger partial charge on any atom is 0.0794 e. The van der Waals surface area contributed by atoms with Gasteiger partial charge in [-0.1, -0.05) is 13.3 Å². The van der Waals surface area contributed by atoms with Gasteiger partial charge in [-0.2, -0.15) is 0 Å². The van der Waals surface area contributed by atoms with Crippen LogP contribution in [0.1, 0.15) is 24.6 Å². The van der Waals surface area contributed by atoms with Crippen LogP contribution >= 0.6 is 11.3 Å². The van der Waals surface area contributed by atoms with E-state index in [-0.39, 0.29) is 0 Å². The molecule has 0 saturated carbocycles. The van der Waals surface area contributed by atoms with Crippen LogP contribution in [0, 0.1) is 0 Å². The molecule has 0 bridgehead atoms. The largest absolute Gasteiger partial charge is 0.327 e. The summed E-state index contributed by atoms with van der Waals surface area (Å²) in [6.45, 7) is 2.16. The second-order valence-electron chi connectivity index (χ2n) is 2.72. The number of hydrogen-bond donors (Lipinski definition) is 1. The Hall–Kier alpha value is -0.410. The summed E-state index contributed by atoms with van der Waals surface area (Å²) in [6, 6.07) is 0.320. The van der Waals surface area contributed by atoms with Crippen molar-refractivity contribution in [1.29, 1.82) is 0 Å². The van der Waals surface area contributed by atoms with Crippen LogP contribution in [0.4, 0.5) is 0 Å². The second kappa shape index (κ2) is 4.46. The maximum absolute atomic E-state index is 5.85. The lowest BCUT2D eigenvalue weighted by Crippen LogP contribution is -2.21. The van der Waals surface area contributed by atoms with Crippen molar-refractivity contribution in [3.63, 3.8) is 0 Å². The molecule has 0 aliphatic carbocycles. The molecule has 1 heterocycles. The minimum atomic E-state index is 0.320. The molecule has 62 valence electrons. The number of rotatable bonds is 4. The zero-order valence-corrected chi connectivity index (χ0v) is 7.60. The Bertz CT molecular complexity index is 184. The van der Waals surface area contributed by atoms with Crippen LogP contribution in [0.2, 0.25) is 0 Å². The Labute approximate surface area is 71.5 Å². The topological polar surface area (TPSA) is 38.9 Å². The molecule has 1 aromatic rings. The second-order valence-corrected chi connectivity index (χ2v) is 3.69. The first-order chi connectivity index (χ1) is 5.33. The summed E-state index contributed by atoms with van der Waals surface area (Å²) >= 11 is 1.69. The first-order valence-corrected chi connectivity index (χ1v) is 4.84. The van der Waals surface area contributed by atoms with Crippen LogP contribution < -0.4 is 5.73 Å². The van der Waals surface area contributed by atoms with Crippen molar-refractivity contribution in [2.45, 2.75) is 32.2 Å². The summed E-state index contributed by atoms with van der Waals surface area (Å²) in [5.41, 5.74) is 7.71. The van der Waals surface area contributed by atoms with Crippen LogP contribution in [0.3, 0.4) is 0 Å². The Morgan fingerprint density at radius 2 is 2.55 bits per heavy atom. The quantitative estimate of drug-likeness (QED) is 0.748. The Morgan fingerprint density at radius 1 is 1.73 bits per heavy atom. The van der Waals surface area contributed by atoms with Crippen LogP contribution in [-0.2, 0) is 6.42 Å². The summed E-state index contributed by atoms with van der Waals surface area (Å²) < 4.78 is 0. The van der Waals surface area contributed by atoms with Crippen LogP contribution in [0.15, 0.2) is 11.7 Å². The predicted molar refractivity (Wildman–Crippen MR) is 48.7 cm³/mol. The molecule has 1 rings (SSSR count). The van der Waals surface area contributed by atoms with Gasteiger partial charge in [0, 0.05) is 17.1 Å². The van der Waals surface area contributed by atoms with E-state index in [1.54, 1.807) is 11.3 Å². The fraction of sp³-hybridized carbons (Fsp3) is 0.625. The van der Waals surface area contributed by atoms with Crippen molar-refractivity contribution >= 4 is 11.3 Å². The smallest absolute Gasteiger partial charge is 0.0794 e. The third-order valence-corrected chi connectivity index (χ3v) is 2.41. The Kier molecular flexibility index (Phi) is 3.52. The lowest BCUT2D eigenvalue weighted by atomic mass is 10.1. The Balaban J connectivity index is 2.31. The van der Waals surface area contributed by atoms with Gasteiger partial charge in [0.1, 0.15) is 0 Å². The van der Waals surface area contributed by atoms with E-state index in [1.165, 1.54) is 11.3 Å². The van der Waals surface area contributed by atoms with Crippen molar-refractivity contribution in [2.75, 3.05) is 0 Å². The number of aromatic nitrogens is 1. The van der Waals surface area contributed by atoms with Gasteiger partial charge in [0.15, 0.2) is 0 Å². The highest BCUT2D eigenvalue weighted by molar-refractivity contribution is 7.09. The maximum atomic E-state index is 5.85. The number of thiazole rings is 1. The van der Waals surface area contributed by atoms with E-state index in [0.717, 1.165) is 12.8 Å². The van der Waals surface area contributed by atoms with E-state index in [4.69, 9.17) is 5.73 Å². The fourth-order valence-electron chi connectivity index (χ4n) is 1.07. The van der Waals surface area contributed by atoms with Gasteiger partial charge in [-0.15, -0.1) is 11.3 Å². The highest BCUT2D eigenvalue weighted by Gasteiger charge is 2.02. The number of nitrogens with zero attached hydrogens (tertiary/aromatic N) is 1. The van der Waals surface area contributed by atoms with Gasteiger partial charge in [-0.05, 0) is 12.8 Å². The summed E-state index contributed by atoms with van der Waals surface area (Å²) in [5.74, 6) is 0. The molecule has 0 amide bonds. The molecule has 0 saturated heterocycles. The molecule has 1 aromatic heterocycles. The molecule has 3 heteroatoms. The zero-order valence-electron chi connectivity index (χ0n) is 6.79. The van der Waals surface area contributed by atoms with Crippen molar-refractivity contribution in [3.05, 3.63) is 16.6 Å². The molecule has 0 aromatic carbocycles. The molecule has 2 N–H and O–H groups in total. The molecule has 11 heavy (non-hydrogen) atoms. The number of hydrogen-bond acceptors (Lipinski definition) is 3. The van der Waals surface area contributed by atoms with Gasteiger partial charge >= 0.3 is 0 Å². The molecular weight excluding hydrogens is 156 g/mol. The summed E-state index contributed by atoms with van der Waals surface area (Å²) in [5, 5.41) is 0. The third-order valence-electron chi connectivity index (χ3n) is 1.61. The monoisotopic (exact) mass is 170 g/mol. The van der Waals surface area contributed by atoms with Crippen molar-refractivity contribution in [2.24, 2.45) is 5.73 Å². The van der Waals surface area contributed by atoms with Gasteiger partial charge < -0.3 is 5.73 Å². The summed E-state index contributed by atoms with van der Waals surface area (Å²) in [4.78, 5) is 5.30. The van der Waals surface area contributed by atoms with E-state index >= 15 is 0 Å². The van der Waals surface area contributed by atoms with E-state index in [9.17, 15) is 0 Å². The zero-order chi connectivity index (χ0) is 8.10. The van der Waals surface area contributed by atoms with Crippen molar-refractivity contribution < 1.29 is 0 Å². The van der Waals surface area contributed by atoms with E-state index in [1.807, 2.05) is 11.7 Å². The Morgan fingerprint density at radius 3 is 3.09 bits per heavy atom. The van der Waals surface area contributed by atoms with Crippen LogP contribution in [0.25, 0.3) is 0 Å². The molecule has 0 fully saturated rings. The first-order valence-electron chi connectivity index (χ1n) is 3.96. The lowest BCUT2D eigenvalue weighted by molar-refractivity contribution is 0.604. The average Bonchev–Trinajstić information content (AvgIpc) is 2.40. The highest BCUT2D eigenvalue weighted by Crippen LogP contribution is 2.09. The molecule has 1 unspecified atom stereocenters. The van der Waals surface area contributed by atoms with Gasteiger partial charge in [-0.3, -0.25) is 4.98 Å². The number of nitrogens with two attached hydrogens (primary N) is 1. The summed E-state index contributed by atoms with van der Waals surface area (Å²) in [6.07, 6.45) is 5.16. The molecule has 0 spiro atoms. The van der Waals surface area contributed by atoms with Gasteiger partial charge in [0.2, 0.25) is 0 Å². The molecule has 0 aliphatic rings. The molecule has 0 aliphatic heterocycles. The van der Waals surface area contributed by atoms with Crippen molar-refractivity contribution in [3.8, 4) is 0 Å². The fourth-order valence-corrected chi connectivity index (χ4v) is 1.76. The van der Waals surface area contributed by atoms with Gasteiger partial charge in [0.05, 0.1) is 5.51 Å². The van der Waals surface area contributed by atoms with E-state index in [2.05, 4.69) is 11.9 Å². The molecule has 1 atom stereocenters. The minimum absolute atomic E-state index is 0.320. The van der Waals surface area contributed by atoms with Gasteiger partial charge in [0.25, 0.3) is 0 Å². The van der Waals surface area contributed by atoms with E-state index < -0.39 is 0 Å². The normalized spacial score (nSPS) is 13.3. The average molecular weight is 170 g/mol. The standard InChI is InChI=1S/C8H14N2S/c1-2-3-7(9)4-8-5-10-6-11-8/h5-7H,2-4,9H2,1H3. The van der Waals surface area contributed by atoms with Crippen LogP contribution in [-0.4, -0.2) is 11.0 Å². The predicted octanol–water partition coefficient (Wildman–Crippen LogP) is 1.81. The molecular formula is C8H14N2S. The SMILES string of the molecule is CCCC(N)Cc1cncs1. The van der Waals surface area contributed by atoms with Crippen LogP contribution in [0.5, 0.6) is 0 Å². The van der Waals surface area contributed by atoms with Crippen molar-refractivity contribution in [1.82, 2.24) is 4.98 Å². The lowest BCUT2D eigenvalue weighted by Gasteiger charge is -2.06. The van der Waals surface area contributed by atoms with Gasteiger partial charge in [-0.25, -0.2) is 0 Å². The third kappa shape index (κ3) is 2.99. The minimum Gasteiger partial charge on any atom is -0.327 e. The summed E-state index contributed by atoms with van der Waals surface area (Å²) in [7, 11) is 0. The first kappa shape index (κ1) is 8.68. The highest BCUT2D eigenvalue weighted by atomic mass is 32.1. The van der Waals surface area contributed by atoms with E-state index in [0.29, 0.717) is 6.04 Å².